The molecule has 0 spiro atoms. The largest absolute Gasteiger partial charge is 0.480 e. The fourth-order valence-electron chi connectivity index (χ4n) is 3.74. The number of carbonyl (C=O) groups excluding carboxylic acids is 3. The summed E-state index contributed by atoms with van der Waals surface area (Å²) in [7, 11) is 0. The Morgan fingerprint density at radius 1 is 1.26 bits per heavy atom. The van der Waals surface area contributed by atoms with Crippen molar-refractivity contribution in [3.63, 3.8) is 0 Å². The summed E-state index contributed by atoms with van der Waals surface area (Å²) in [6, 6.07) is 3.08. The number of nitrogens with zero attached hydrogens (tertiary/aromatic N) is 1. The molecule has 1 aliphatic carbocycles. The highest BCUT2D eigenvalue weighted by Crippen LogP contribution is 2.35. The fraction of sp³-hybridized carbons (Fsp3) is 0.368. The van der Waals surface area contributed by atoms with Gasteiger partial charge in [0.1, 0.15) is 5.75 Å². The molecule has 0 aliphatic heterocycles. The molecule has 0 atom stereocenters. The van der Waals surface area contributed by atoms with Gasteiger partial charge in [0.25, 0.3) is 11.7 Å². The number of primary amides is 1. The van der Waals surface area contributed by atoms with Crippen molar-refractivity contribution in [2.24, 2.45) is 11.7 Å². The molecule has 1 amide bonds. The standard InChI is InChI=1S/C19H20N2O6/c1-10-14(18(25)19(20)26)16-12(27-9-13(22)23)7-4-8-21(16)15(10)17(24)11-5-2-3-6-11/h4,7-8,11H,2-3,5-6,9H2,1H3,(H2,20,26)(H,22,23). The van der Waals surface area contributed by atoms with E-state index in [0.717, 1.165) is 25.7 Å². The third-order valence-electron chi connectivity index (χ3n) is 4.93. The first-order chi connectivity index (χ1) is 12.8. The van der Waals surface area contributed by atoms with Crippen LogP contribution in [0.5, 0.6) is 5.75 Å². The molecule has 3 rings (SSSR count). The van der Waals surface area contributed by atoms with Crippen molar-refractivity contribution in [3.05, 3.63) is 35.2 Å². The maximum Gasteiger partial charge on any atom is 0.341 e. The minimum Gasteiger partial charge on any atom is -0.480 e. The molecule has 0 radical (unpaired) electrons. The molecule has 27 heavy (non-hydrogen) atoms. The summed E-state index contributed by atoms with van der Waals surface area (Å²) in [5, 5.41) is 8.88. The summed E-state index contributed by atoms with van der Waals surface area (Å²) >= 11 is 0. The van der Waals surface area contributed by atoms with Crippen molar-refractivity contribution < 1.29 is 29.0 Å². The van der Waals surface area contributed by atoms with Gasteiger partial charge in [-0.1, -0.05) is 12.8 Å². The van der Waals surface area contributed by atoms with E-state index in [1.54, 1.807) is 19.2 Å². The molecule has 142 valence electrons. The zero-order chi connectivity index (χ0) is 19.7. The van der Waals surface area contributed by atoms with Gasteiger partial charge in [-0.05, 0) is 37.5 Å². The van der Waals surface area contributed by atoms with Crippen LogP contribution in [-0.4, -0.2) is 39.6 Å². The molecular weight excluding hydrogens is 352 g/mol. The van der Waals surface area contributed by atoms with Crippen LogP contribution in [0.4, 0.5) is 0 Å². The minimum absolute atomic E-state index is 0.0233. The monoisotopic (exact) mass is 372 g/mol. The predicted octanol–water partition coefficient (Wildman–Crippen LogP) is 1.75. The highest BCUT2D eigenvalue weighted by molar-refractivity contribution is 6.44. The molecule has 0 unspecified atom stereocenters. The van der Waals surface area contributed by atoms with Crippen LogP contribution in [0.1, 0.15) is 52.1 Å². The van der Waals surface area contributed by atoms with Crippen LogP contribution in [-0.2, 0) is 9.59 Å². The summed E-state index contributed by atoms with van der Waals surface area (Å²) in [6.45, 7) is 0.965. The molecule has 0 saturated heterocycles. The van der Waals surface area contributed by atoms with Gasteiger partial charge in [0.05, 0.1) is 16.8 Å². The smallest absolute Gasteiger partial charge is 0.341 e. The number of aromatic nitrogens is 1. The van der Waals surface area contributed by atoms with Crippen molar-refractivity contribution >= 4 is 29.0 Å². The molecule has 1 saturated carbocycles. The Balaban J connectivity index is 2.24. The van der Waals surface area contributed by atoms with Crippen molar-refractivity contribution in [1.29, 1.82) is 0 Å². The zero-order valence-electron chi connectivity index (χ0n) is 14.9. The SMILES string of the molecule is Cc1c(C(=O)C(N)=O)c2c(OCC(=O)O)cccn2c1C(=O)C1CCCC1. The van der Waals surface area contributed by atoms with Gasteiger partial charge in [-0.2, -0.15) is 0 Å². The van der Waals surface area contributed by atoms with Gasteiger partial charge in [0.15, 0.2) is 12.4 Å². The molecule has 8 nitrogen and oxygen atoms in total. The number of Topliss-reactive ketones (excluding diaryl/α,β-unsaturated/α-hetero) is 2. The summed E-state index contributed by atoms with van der Waals surface area (Å²) in [6.07, 6.45) is 5.09. The second kappa shape index (κ2) is 7.22. The van der Waals surface area contributed by atoms with Gasteiger partial charge in [-0.25, -0.2) is 4.79 Å². The Morgan fingerprint density at radius 3 is 2.52 bits per heavy atom. The number of nitrogens with two attached hydrogens (primary N) is 1. The van der Waals surface area contributed by atoms with Crippen LogP contribution in [0.25, 0.3) is 5.52 Å². The fourth-order valence-corrected chi connectivity index (χ4v) is 3.74. The average molecular weight is 372 g/mol. The van der Waals surface area contributed by atoms with Crippen molar-refractivity contribution in [3.8, 4) is 5.75 Å². The van der Waals surface area contributed by atoms with Crippen LogP contribution in [0.15, 0.2) is 18.3 Å². The summed E-state index contributed by atoms with van der Waals surface area (Å²) < 4.78 is 6.79. The number of ketones is 2. The third kappa shape index (κ3) is 3.30. The van der Waals surface area contributed by atoms with E-state index >= 15 is 0 Å². The molecule has 2 aromatic heterocycles. The molecule has 2 aromatic rings. The Bertz CT molecular complexity index is 953. The van der Waals surface area contributed by atoms with E-state index in [9.17, 15) is 19.2 Å². The second-order valence-corrected chi connectivity index (χ2v) is 6.66. The van der Waals surface area contributed by atoms with Gasteiger partial charge >= 0.3 is 5.97 Å². The Kier molecular flexibility index (Phi) is 4.98. The number of carboxylic acid groups (broad SMARTS) is 1. The number of rotatable bonds is 7. The number of amides is 1. The lowest BCUT2D eigenvalue weighted by molar-refractivity contribution is -0.139. The number of hydrogen-bond acceptors (Lipinski definition) is 5. The van der Waals surface area contributed by atoms with E-state index in [-0.39, 0.29) is 28.5 Å². The number of aliphatic carboxylic acids is 1. The number of carboxylic acids is 1. The van der Waals surface area contributed by atoms with Crippen molar-refractivity contribution in [2.75, 3.05) is 6.61 Å². The van der Waals surface area contributed by atoms with E-state index in [4.69, 9.17) is 15.6 Å². The molecule has 8 heteroatoms. The Labute approximate surface area is 154 Å². The highest BCUT2D eigenvalue weighted by Gasteiger charge is 2.32. The molecular formula is C19H20N2O6. The van der Waals surface area contributed by atoms with Gasteiger partial charge in [0.2, 0.25) is 0 Å². The van der Waals surface area contributed by atoms with Crippen LogP contribution in [0, 0.1) is 12.8 Å². The number of carbonyl (C=O) groups is 4. The molecule has 2 heterocycles. The normalized spacial score (nSPS) is 14.4. The van der Waals surface area contributed by atoms with E-state index < -0.39 is 24.3 Å². The summed E-state index contributed by atoms with van der Waals surface area (Å²) in [5.74, 6) is -3.43. The Hall–Kier alpha value is -3.16. The summed E-state index contributed by atoms with van der Waals surface area (Å²) in [4.78, 5) is 48.0. The number of hydrogen-bond donors (Lipinski definition) is 2. The lowest BCUT2D eigenvalue weighted by Crippen LogP contribution is -2.24. The van der Waals surface area contributed by atoms with Crippen molar-refractivity contribution in [1.82, 2.24) is 4.40 Å². The topological polar surface area (TPSA) is 128 Å². The van der Waals surface area contributed by atoms with Crippen LogP contribution in [0.3, 0.4) is 0 Å². The lowest BCUT2D eigenvalue weighted by atomic mass is 9.96. The number of pyridine rings is 1. The quantitative estimate of drug-likeness (QED) is 0.563. The Morgan fingerprint density at radius 2 is 1.93 bits per heavy atom. The van der Waals surface area contributed by atoms with Gasteiger partial charge in [-0.3, -0.25) is 14.4 Å². The first kappa shape index (κ1) is 18.6. The molecule has 3 N–H and O–H groups in total. The molecule has 0 aromatic carbocycles. The first-order valence-electron chi connectivity index (χ1n) is 8.69. The average Bonchev–Trinajstić information content (AvgIpc) is 3.24. The molecule has 1 fully saturated rings. The van der Waals surface area contributed by atoms with Gasteiger partial charge < -0.3 is 20.0 Å². The van der Waals surface area contributed by atoms with Crippen LogP contribution >= 0.6 is 0 Å². The van der Waals surface area contributed by atoms with E-state index in [0.29, 0.717) is 11.3 Å². The van der Waals surface area contributed by atoms with Crippen molar-refractivity contribution in [2.45, 2.75) is 32.6 Å². The third-order valence-corrected chi connectivity index (χ3v) is 4.93. The lowest BCUT2D eigenvalue weighted by Gasteiger charge is -2.10. The number of fused-ring (bicyclic) bond motifs is 1. The predicted molar refractivity (Wildman–Crippen MR) is 95.1 cm³/mol. The highest BCUT2D eigenvalue weighted by atomic mass is 16.5. The second-order valence-electron chi connectivity index (χ2n) is 6.66. The number of ether oxygens (including phenoxy) is 1. The van der Waals surface area contributed by atoms with E-state index in [1.165, 1.54) is 10.5 Å². The van der Waals surface area contributed by atoms with Crippen LogP contribution in [0.2, 0.25) is 0 Å². The van der Waals surface area contributed by atoms with Crippen LogP contribution < -0.4 is 10.5 Å². The first-order valence-corrected chi connectivity index (χ1v) is 8.69. The maximum atomic E-state index is 13.1. The minimum atomic E-state index is -1.19. The molecule has 1 aliphatic rings. The van der Waals surface area contributed by atoms with E-state index in [1.807, 2.05) is 0 Å². The zero-order valence-corrected chi connectivity index (χ0v) is 14.9. The maximum absolute atomic E-state index is 13.1. The van der Waals surface area contributed by atoms with E-state index in [2.05, 4.69) is 0 Å². The van der Waals surface area contributed by atoms with Gasteiger partial charge in [0, 0.05) is 12.1 Å². The van der Waals surface area contributed by atoms with Gasteiger partial charge in [-0.15, -0.1) is 0 Å². The summed E-state index contributed by atoms with van der Waals surface area (Å²) in [5.41, 5.74) is 6.01. The molecule has 0 bridgehead atoms.